The molecule has 0 radical (unpaired) electrons. The standard InChI is InChI=1S/C24H14Cl2N2O7/c1-33-20-11-13(9-18(26)21(20)34-23(29)14-5-3-2-4-6-14)10-19-24(30)35-22(27-19)16-12-15(28(31)32)7-8-17(16)25/h2-12H,1H3/b19-10-. The number of methoxy groups -OCH3 is 1. The third-order valence-electron chi connectivity index (χ3n) is 4.77. The average molecular weight is 513 g/mol. The van der Waals surface area contributed by atoms with Crippen LogP contribution in [0.4, 0.5) is 5.69 Å². The highest BCUT2D eigenvalue weighted by Gasteiger charge is 2.27. The molecule has 0 saturated carbocycles. The summed E-state index contributed by atoms with van der Waals surface area (Å²) < 4.78 is 15.9. The normalized spacial score (nSPS) is 13.9. The lowest BCUT2D eigenvalue weighted by Gasteiger charge is -2.12. The van der Waals surface area contributed by atoms with E-state index in [-0.39, 0.29) is 44.4 Å². The maximum Gasteiger partial charge on any atom is 0.363 e. The second-order valence-corrected chi connectivity index (χ2v) is 7.86. The Balaban J connectivity index is 1.65. The van der Waals surface area contributed by atoms with E-state index in [9.17, 15) is 19.7 Å². The van der Waals surface area contributed by atoms with E-state index in [4.69, 9.17) is 37.4 Å². The summed E-state index contributed by atoms with van der Waals surface area (Å²) in [5.74, 6) is -1.45. The molecule has 1 heterocycles. The predicted octanol–water partition coefficient (Wildman–Crippen LogP) is 5.47. The van der Waals surface area contributed by atoms with Gasteiger partial charge in [-0.05, 0) is 42.0 Å². The number of non-ortho nitro benzene ring substituents is 1. The summed E-state index contributed by atoms with van der Waals surface area (Å²) in [6.45, 7) is 0. The SMILES string of the molecule is COc1cc(/C=C2\N=C(c3cc([N+](=O)[O-])ccc3Cl)OC2=O)cc(Cl)c1OC(=O)c1ccccc1. The summed E-state index contributed by atoms with van der Waals surface area (Å²) in [5, 5.41) is 11.2. The van der Waals surface area contributed by atoms with E-state index in [0.717, 1.165) is 6.07 Å². The van der Waals surface area contributed by atoms with Crippen LogP contribution in [0.3, 0.4) is 0 Å². The number of rotatable bonds is 6. The van der Waals surface area contributed by atoms with E-state index in [2.05, 4.69) is 4.99 Å². The minimum atomic E-state index is -0.794. The van der Waals surface area contributed by atoms with Gasteiger partial charge >= 0.3 is 11.9 Å². The molecule has 11 heteroatoms. The summed E-state index contributed by atoms with van der Waals surface area (Å²) in [6, 6.07) is 15.0. The van der Waals surface area contributed by atoms with Crippen LogP contribution in [-0.4, -0.2) is 29.9 Å². The molecule has 0 fully saturated rings. The van der Waals surface area contributed by atoms with Crippen LogP contribution in [0.15, 0.2) is 71.4 Å². The van der Waals surface area contributed by atoms with Crippen LogP contribution < -0.4 is 9.47 Å². The van der Waals surface area contributed by atoms with E-state index >= 15 is 0 Å². The third-order valence-corrected chi connectivity index (χ3v) is 5.38. The molecule has 0 N–H and O–H groups in total. The molecule has 1 aliphatic rings. The Kier molecular flexibility index (Phi) is 6.81. The highest BCUT2D eigenvalue weighted by Crippen LogP contribution is 2.38. The van der Waals surface area contributed by atoms with E-state index in [1.54, 1.807) is 30.3 Å². The number of carbonyl (C=O) groups is 2. The van der Waals surface area contributed by atoms with Crippen LogP contribution in [0, 0.1) is 10.1 Å². The van der Waals surface area contributed by atoms with Gasteiger partial charge in [0.2, 0.25) is 5.90 Å². The number of nitrogens with zero attached hydrogens (tertiary/aromatic N) is 2. The molecule has 3 aromatic carbocycles. The molecule has 3 aromatic rings. The van der Waals surface area contributed by atoms with E-state index in [0.29, 0.717) is 11.1 Å². The third kappa shape index (κ3) is 5.16. The Bertz CT molecular complexity index is 1420. The van der Waals surface area contributed by atoms with Crippen molar-refractivity contribution in [3.8, 4) is 11.5 Å². The number of aliphatic imine (C=N–C) groups is 1. The number of cyclic esters (lactones) is 1. The largest absolute Gasteiger partial charge is 0.493 e. The van der Waals surface area contributed by atoms with Gasteiger partial charge in [-0.1, -0.05) is 41.4 Å². The minimum Gasteiger partial charge on any atom is -0.493 e. The molecule has 0 bridgehead atoms. The zero-order chi connectivity index (χ0) is 25.1. The van der Waals surface area contributed by atoms with E-state index in [1.807, 2.05) is 0 Å². The van der Waals surface area contributed by atoms with Crippen molar-refractivity contribution in [3.63, 3.8) is 0 Å². The van der Waals surface area contributed by atoms with Gasteiger partial charge in [-0.15, -0.1) is 0 Å². The molecule has 0 aliphatic carbocycles. The lowest BCUT2D eigenvalue weighted by atomic mass is 10.1. The van der Waals surface area contributed by atoms with Crippen molar-refractivity contribution in [2.45, 2.75) is 0 Å². The monoisotopic (exact) mass is 512 g/mol. The van der Waals surface area contributed by atoms with Crippen molar-refractivity contribution in [1.29, 1.82) is 0 Å². The van der Waals surface area contributed by atoms with Crippen molar-refractivity contribution in [1.82, 2.24) is 0 Å². The molecule has 9 nitrogen and oxygen atoms in total. The molecular formula is C24H14Cl2N2O7. The fourth-order valence-corrected chi connectivity index (χ4v) is 3.58. The predicted molar refractivity (Wildman–Crippen MR) is 128 cm³/mol. The maximum atomic E-state index is 12.4. The Hall–Kier alpha value is -4.21. The first kappa shape index (κ1) is 23.9. The van der Waals surface area contributed by atoms with E-state index in [1.165, 1.54) is 37.5 Å². The van der Waals surface area contributed by atoms with Crippen LogP contribution in [0.25, 0.3) is 6.08 Å². The zero-order valence-corrected chi connectivity index (χ0v) is 19.4. The molecule has 0 atom stereocenters. The van der Waals surface area contributed by atoms with Gasteiger partial charge in [-0.2, -0.15) is 0 Å². The lowest BCUT2D eigenvalue weighted by molar-refractivity contribution is -0.384. The summed E-state index contributed by atoms with van der Waals surface area (Å²) >= 11 is 12.4. The first-order valence-corrected chi connectivity index (χ1v) is 10.6. The van der Waals surface area contributed by atoms with Crippen LogP contribution >= 0.6 is 23.2 Å². The van der Waals surface area contributed by atoms with Gasteiger partial charge in [0.1, 0.15) is 0 Å². The van der Waals surface area contributed by atoms with Gasteiger partial charge in [-0.3, -0.25) is 10.1 Å². The van der Waals surface area contributed by atoms with Gasteiger partial charge in [0, 0.05) is 12.1 Å². The zero-order valence-electron chi connectivity index (χ0n) is 17.9. The molecule has 0 aromatic heterocycles. The topological polar surface area (TPSA) is 117 Å². The number of nitro groups is 1. The molecule has 35 heavy (non-hydrogen) atoms. The first-order valence-electron chi connectivity index (χ1n) is 9.88. The highest BCUT2D eigenvalue weighted by molar-refractivity contribution is 6.34. The van der Waals surface area contributed by atoms with Crippen molar-refractivity contribution in [2.24, 2.45) is 4.99 Å². The fourth-order valence-electron chi connectivity index (χ4n) is 3.12. The van der Waals surface area contributed by atoms with Crippen LogP contribution in [0.5, 0.6) is 11.5 Å². The molecule has 0 spiro atoms. The number of carbonyl (C=O) groups excluding carboxylic acids is 2. The van der Waals surface area contributed by atoms with Gasteiger partial charge < -0.3 is 14.2 Å². The summed E-state index contributed by atoms with van der Waals surface area (Å²) in [7, 11) is 1.37. The number of hydrogen-bond acceptors (Lipinski definition) is 8. The Morgan fingerprint density at radius 2 is 1.83 bits per heavy atom. The molecular weight excluding hydrogens is 499 g/mol. The second-order valence-electron chi connectivity index (χ2n) is 7.05. The average Bonchev–Trinajstić information content (AvgIpc) is 3.20. The van der Waals surface area contributed by atoms with Gasteiger partial charge in [0.15, 0.2) is 17.2 Å². The van der Waals surface area contributed by atoms with Crippen LogP contribution in [-0.2, 0) is 9.53 Å². The Morgan fingerprint density at radius 1 is 1.09 bits per heavy atom. The number of halogens is 2. The molecule has 0 saturated heterocycles. The molecule has 176 valence electrons. The summed E-state index contributed by atoms with van der Waals surface area (Å²) in [5.41, 5.74) is 0.476. The molecule has 1 aliphatic heterocycles. The quantitative estimate of drug-likeness (QED) is 0.141. The maximum absolute atomic E-state index is 12.4. The fraction of sp³-hybridized carbons (Fsp3) is 0.0417. The number of hydrogen-bond donors (Lipinski definition) is 0. The molecule has 4 rings (SSSR count). The molecule has 0 unspecified atom stereocenters. The van der Waals surface area contributed by atoms with Crippen molar-refractivity contribution in [2.75, 3.05) is 7.11 Å². The van der Waals surface area contributed by atoms with Crippen molar-refractivity contribution < 1.29 is 28.7 Å². The number of esters is 2. The first-order chi connectivity index (χ1) is 16.8. The smallest absolute Gasteiger partial charge is 0.363 e. The highest BCUT2D eigenvalue weighted by atomic mass is 35.5. The van der Waals surface area contributed by atoms with Crippen molar-refractivity contribution in [3.05, 3.63) is 103 Å². The van der Waals surface area contributed by atoms with Crippen LogP contribution in [0.2, 0.25) is 10.0 Å². The molecule has 0 amide bonds. The summed E-state index contributed by atoms with van der Waals surface area (Å²) in [6.07, 6.45) is 1.37. The minimum absolute atomic E-state index is 0.00624. The van der Waals surface area contributed by atoms with Gasteiger partial charge in [0.25, 0.3) is 5.69 Å². The van der Waals surface area contributed by atoms with Gasteiger partial charge in [-0.25, -0.2) is 14.6 Å². The number of benzene rings is 3. The second kappa shape index (κ2) is 9.96. The Morgan fingerprint density at radius 3 is 2.51 bits per heavy atom. The van der Waals surface area contributed by atoms with E-state index < -0.39 is 16.9 Å². The van der Waals surface area contributed by atoms with Gasteiger partial charge in [0.05, 0.1) is 33.2 Å². The lowest BCUT2D eigenvalue weighted by Crippen LogP contribution is -2.09. The Labute approximate surface area is 208 Å². The van der Waals surface area contributed by atoms with Crippen LogP contribution in [0.1, 0.15) is 21.5 Å². The number of ether oxygens (including phenoxy) is 3. The summed E-state index contributed by atoms with van der Waals surface area (Å²) in [4.78, 5) is 39.4. The van der Waals surface area contributed by atoms with Crippen molar-refractivity contribution >= 4 is 52.8 Å². The number of nitro benzene ring substituents is 1.